The van der Waals surface area contributed by atoms with Crippen LogP contribution < -0.4 is 20.7 Å². The molecule has 0 aliphatic carbocycles. The van der Waals surface area contributed by atoms with Crippen LogP contribution in [0.25, 0.3) is 0 Å². The number of aryl methyl sites for hydroxylation is 1. The number of para-hydroxylation sites is 2. The summed E-state index contributed by atoms with van der Waals surface area (Å²) in [6.07, 6.45) is 1.42. The van der Waals surface area contributed by atoms with Gasteiger partial charge in [0.2, 0.25) is 0 Å². The van der Waals surface area contributed by atoms with Gasteiger partial charge in [-0.1, -0.05) is 18.2 Å². The molecule has 0 aliphatic rings. The highest BCUT2D eigenvalue weighted by Crippen LogP contribution is 2.24. The molecular weight excluding hydrogens is 446 g/mol. The van der Waals surface area contributed by atoms with Gasteiger partial charge in [0.05, 0.1) is 19.1 Å². The van der Waals surface area contributed by atoms with Gasteiger partial charge in [-0.3, -0.25) is 14.4 Å². The third-order valence-corrected chi connectivity index (χ3v) is 5.25. The number of anilines is 3. The number of amides is 3. The van der Waals surface area contributed by atoms with Crippen molar-refractivity contribution in [3.63, 3.8) is 0 Å². The average molecular weight is 469 g/mol. The zero-order valence-electron chi connectivity index (χ0n) is 19.1. The van der Waals surface area contributed by atoms with Gasteiger partial charge in [0.25, 0.3) is 17.7 Å². The lowest BCUT2D eigenvalue weighted by Crippen LogP contribution is -2.15. The predicted molar refractivity (Wildman–Crippen MR) is 133 cm³/mol. The Hall–Kier alpha value is -4.85. The Morgan fingerprint density at radius 2 is 1.40 bits per heavy atom. The summed E-state index contributed by atoms with van der Waals surface area (Å²) in [6, 6.07) is 21.8. The number of ether oxygens (including phenoxy) is 1. The molecule has 0 spiro atoms. The zero-order chi connectivity index (χ0) is 24.8. The molecule has 0 bridgehead atoms. The SMILES string of the molecule is COc1ccccc1NC(=O)c1ccc(NC(=O)c2ccc(C)c(NC(=O)c3ccco3)c2)cc1. The summed E-state index contributed by atoms with van der Waals surface area (Å²) in [5.41, 5.74) is 3.17. The molecule has 3 aromatic carbocycles. The van der Waals surface area contributed by atoms with Crippen molar-refractivity contribution < 1.29 is 23.5 Å². The van der Waals surface area contributed by atoms with Crippen LogP contribution in [0.1, 0.15) is 36.8 Å². The molecule has 4 rings (SSSR count). The normalized spacial score (nSPS) is 10.3. The lowest BCUT2D eigenvalue weighted by atomic mass is 10.1. The van der Waals surface area contributed by atoms with Crippen molar-refractivity contribution in [2.24, 2.45) is 0 Å². The molecule has 0 radical (unpaired) electrons. The van der Waals surface area contributed by atoms with Crippen LogP contribution in [-0.2, 0) is 0 Å². The summed E-state index contributed by atoms with van der Waals surface area (Å²) in [6.45, 7) is 1.83. The molecule has 4 aromatic rings. The second-order valence-electron chi connectivity index (χ2n) is 7.65. The first-order valence-corrected chi connectivity index (χ1v) is 10.8. The third-order valence-electron chi connectivity index (χ3n) is 5.25. The first-order chi connectivity index (χ1) is 16.9. The Morgan fingerprint density at radius 1 is 0.714 bits per heavy atom. The van der Waals surface area contributed by atoms with Gasteiger partial charge in [-0.25, -0.2) is 0 Å². The van der Waals surface area contributed by atoms with Crippen molar-refractivity contribution in [1.82, 2.24) is 0 Å². The zero-order valence-corrected chi connectivity index (χ0v) is 19.1. The second kappa shape index (κ2) is 10.4. The van der Waals surface area contributed by atoms with Gasteiger partial charge >= 0.3 is 0 Å². The molecule has 3 amide bonds. The third kappa shape index (κ3) is 5.56. The van der Waals surface area contributed by atoms with Crippen LogP contribution in [-0.4, -0.2) is 24.8 Å². The number of nitrogens with one attached hydrogen (secondary N) is 3. The van der Waals surface area contributed by atoms with E-state index in [1.165, 1.54) is 13.4 Å². The summed E-state index contributed by atoms with van der Waals surface area (Å²) >= 11 is 0. The number of carbonyl (C=O) groups excluding carboxylic acids is 3. The first-order valence-electron chi connectivity index (χ1n) is 10.8. The van der Waals surface area contributed by atoms with Crippen LogP contribution in [0, 0.1) is 6.92 Å². The molecule has 3 N–H and O–H groups in total. The van der Waals surface area contributed by atoms with Gasteiger partial charge in [-0.05, 0) is 73.2 Å². The van der Waals surface area contributed by atoms with Gasteiger partial charge < -0.3 is 25.1 Å². The van der Waals surface area contributed by atoms with Crippen LogP contribution in [0.4, 0.5) is 17.1 Å². The van der Waals surface area contributed by atoms with Crippen molar-refractivity contribution in [3.05, 3.63) is 108 Å². The van der Waals surface area contributed by atoms with Crippen molar-refractivity contribution in [1.29, 1.82) is 0 Å². The Morgan fingerprint density at radius 3 is 2.11 bits per heavy atom. The lowest BCUT2D eigenvalue weighted by molar-refractivity contribution is 0.0992. The number of hydrogen-bond donors (Lipinski definition) is 3. The van der Waals surface area contributed by atoms with Gasteiger partial charge in [-0.2, -0.15) is 0 Å². The van der Waals surface area contributed by atoms with Crippen LogP contribution >= 0.6 is 0 Å². The van der Waals surface area contributed by atoms with E-state index >= 15 is 0 Å². The highest BCUT2D eigenvalue weighted by atomic mass is 16.5. The Balaban J connectivity index is 1.42. The standard InChI is InChI=1S/C27H23N3O5/c1-17-9-10-19(16-22(17)30-27(33)24-8-5-15-35-24)26(32)28-20-13-11-18(12-14-20)25(31)29-21-6-3-4-7-23(21)34-2/h3-16H,1-2H3,(H,28,32)(H,29,31)(H,30,33). The van der Waals surface area contributed by atoms with Crippen LogP contribution in [0.2, 0.25) is 0 Å². The smallest absolute Gasteiger partial charge is 0.291 e. The van der Waals surface area contributed by atoms with Gasteiger partial charge in [0.15, 0.2) is 5.76 Å². The minimum Gasteiger partial charge on any atom is -0.495 e. The fraction of sp³-hybridized carbons (Fsp3) is 0.0741. The van der Waals surface area contributed by atoms with E-state index in [2.05, 4.69) is 16.0 Å². The van der Waals surface area contributed by atoms with Crippen molar-refractivity contribution in [2.75, 3.05) is 23.1 Å². The highest BCUT2D eigenvalue weighted by molar-refractivity contribution is 6.08. The van der Waals surface area contributed by atoms with Crippen LogP contribution in [0.15, 0.2) is 89.5 Å². The lowest BCUT2D eigenvalue weighted by Gasteiger charge is -2.11. The topological polar surface area (TPSA) is 110 Å². The number of furan rings is 1. The monoisotopic (exact) mass is 469 g/mol. The predicted octanol–water partition coefficient (Wildman–Crippen LogP) is 5.35. The Labute approximate surface area is 201 Å². The number of carbonyl (C=O) groups is 3. The number of benzene rings is 3. The minimum atomic E-state index is -0.405. The Bertz CT molecular complexity index is 1360. The number of methoxy groups -OCH3 is 1. The first kappa shape index (κ1) is 23.3. The quantitative estimate of drug-likeness (QED) is 0.338. The molecule has 8 heteroatoms. The summed E-state index contributed by atoms with van der Waals surface area (Å²) in [4.78, 5) is 37.7. The molecule has 35 heavy (non-hydrogen) atoms. The molecule has 0 atom stereocenters. The summed E-state index contributed by atoms with van der Waals surface area (Å²) < 4.78 is 10.4. The van der Waals surface area contributed by atoms with E-state index in [1.54, 1.807) is 72.8 Å². The van der Waals surface area contributed by atoms with Crippen LogP contribution in [0.3, 0.4) is 0 Å². The average Bonchev–Trinajstić information content (AvgIpc) is 3.41. The molecule has 8 nitrogen and oxygen atoms in total. The molecule has 0 saturated heterocycles. The van der Waals surface area contributed by atoms with Crippen LogP contribution in [0.5, 0.6) is 5.75 Å². The van der Waals surface area contributed by atoms with E-state index in [0.29, 0.717) is 33.9 Å². The highest BCUT2D eigenvalue weighted by Gasteiger charge is 2.14. The largest absolute Gasteiger partial charge is 0.495 e. The van der Waals surface area contributed by atoms with E-state index in [0.717, 1.165) is 5.56 Å². The molecule has 176 valence electrons. The maximum Gasteiger partial charge on any atom is 0.291 e. The fourth-order valence-electron chi connectivity index (χ4n) is 3.34. The molecule has 0 aliphatic heterocycles. The van der Waals surface area contributed by atoms with Crippen molar-refractivity contribution in [2.45, 2.75) is 6.92 Å². The van der Waals surface area contributed by atoms with E-state index in [4.69, 9.17) is 9.15 Å². The van der Waals surface area contributed by atoms with E-state index in [9.17, 15) is 14.4 Å². The van der Waals surface area contributed by atoms with E-state index in [1.807, 2.05) is 13.0 Å². The number of hydrogen-bond acceptors (Lipinski definition) is 5. The van der Waals surface area contributed by atoms with Gasteiger partial charge in [0.1, 0.15) is 5.75 Å². The summed E-state index contributed by atoms with van der Waals surface area (Å²) in [5.74, 6) is -0.332. The fourth-order valence-corrected chi connectivity index (χ4v) is 3.34. The molecule has 0 saturated carbocycles. The number of rotatable bonds is 7. The Kier molecular flexibility index (Phi) is 6.92. The maximum atomic E-state index is 12.8. The summed E-state index contributed by atoms with van der Waals surface area (Å²) in [5, 5.41) is 8.36. The molecular formula is C27H23N3O5. The van der Waals surface area contributed by atoms with Gasteiger partial charge in [0, 0.05) is 22.5 Å². The molecule has 1 heterocycles. The second-order valence-corrected chi connectivity index (χ2v) is 7.65. The molecule has 0 unspecified atom stereocenters. The molecule has 0 fully saturated rings. The molecule has 1 aromatic heterocycles. The van der Waals surface area contributed by atoms with E-state index in [-0.39, 0.29) is 17.6 Å². The summed E-state index contributed by atoms with van der Waals surface area (Å²) in [7, 11) is 1.53. The van der Waals surface area contributed by atoms with Gasteiger partial charge in [-0.15, -0.1) is 0 Å². The van der Waals surface area contributed by atoms with Crippen molar-refractivity contribution in [3.8, 4) is 5.75 Å². The minimum absolute atomic E-state index is 0.175. The van der Waals surface area contributed by atoms with Crippen molar-refractivity contribution >= 4 is 34.8 Å². The van der Waals surface area contributed by atoms with E-state index < -0.39 is 5.91 Å². The maximum absolute atomic E-state index is 12.8.